The highest BCUT2D eigenvalue weighted by Crippen LogP contribution is 2.17. The van der Waals surface area contributed by atoms with E-state index in [0.29, 0.717) is 12.6 Å². The zero-order valence-corrected chi connectivity index (χ0v) is 13.2. The molecule has 0 bridgehead atoms. The van der Waals surface area contributed by atoms with Gasteiger partial charge in [-0.25, -0.2) is 0 Å². The number of likely N-dealkylation sites (tertiary alicyclic amines) is 1. The van der Waals surface area contributed by atoms with Gasteiger partial charge in [0.1, 0.15) is 0 Å². The van der Waals surface area contributed by atoms with Gasteiger partial charge in [-0.15, -0.1) is 24.8 Å². The number of halogens is 2. The summed E-state index contributed by atoms with van der Waals surface area (Å²) in [4.78, 5) is 16.2. The van der Waals surface area contributed by atoms with Gasteiger partial charge in [0.2, 0.25) is 5.91 Å². The van der Waals surface area contributed by atoms with E-state index in [9.17, 15) is 4.79 Å². The van der Waals surface area contributed by atoms with Crippen molar-refractivity contribution in [2.75, 3.05) is 33.2 Å². The van der Waals surface area contributed by atoms with Crippen LogP contribution in [0.3, 0.4) is 0 Å². The van der Waals surface area contributed by atoms with E-state index in [2.05, 4.69) is 11.8 Å². The molecule has 1 aliphatic rings. The molecule has 18 heavy (non-hydrogen) atoms. The van der Waals surface area contributed by atoms with Crippen LogP contribution < -0.4 is 5.73 Å². The van der Waals surface area contributed by atoms with Gasteiger partial charge in [0, 0.05) is 32.1 Å². The molecule has 0 spiro atoms. The lowest BCUT2D eigenvalue weighted by Gasteiger charge is -2.29. The molecule has 0 aromatic carbocycles. The van der Waals surface area contributed by atoms with Crippen LogP contribution in [0.15, 0.2) is 0 Å². The van der Waals surface area contributed by atoms with Gasteiger partial charge in [0.15, 0.2) is 0 Å². The summed E-state index contributed by atoms with van der Waals surface area (Å²) in [6.07, 6.45) is 2.47. The molecule has 0 saturated carbocycles. The van der Waals surface area contributed by atoms with E-state index in [0.717, 1.165) is 13.1 Å². The first kappa shape index (κ1) is 20.3. The minimum absolute atomic E-state index is 0. The second-order valence-corrected chi connectivity index (χ2v) is 4.78. The van der Waals surface area contributed by atoms with Gasteiger partial charge in [-0.2, -0.15) is 0 Å². The molecule has 4 nitrogen and oxygen atoms in total. The zero-order chi connectivity index (χ0) is 12.1. The molecule has 0 aromatic heterocycles. The van der Waals surface area contributed by atoms with Crippen LogP contribution in [0.4, 0.5) is 0 Å². The van der Waals surface area contributed by atoms with Crippen LogP contribution in [0.5, 0.6) is 0 Å². The highest BCUT2D eigenvalue weighted by Gasteiger charge is 2.26. The second kappa shape index (κ2) is 9.84. The van der Waals surface area contributed by atoms with Crippen molar-refractivity contribution in [3.63, 3.8) is 0 Å². The maximum atomic E-state index is 11.9. The number of carbonyl (C=O) groups is 1. The molecule has 1 heterocycles. The molecule has 0 aliphatic carbocycles. The summed E-state index contributed by atoms with van der Waals surface area (Å²) in [5.74, 6) is 0.118. The molecule has 1 rings (SSSR count). The molecule has 1 fully saturated rings. The lowest BCUT2D eigenvalue weighted by atomic mass is 10.1. The van der Waals surface area contributed by atoms with Gasteiger partial charge in [-0.05, 0) is 25.9 Å². The zero-order valence-electron chi connectivity index (χ0n) is 11.6. The summed E-state index contributed by atoms with van der Waals surface area (Å²) in [5, 5.41) is 0. The van der Waals surface area contributed by atoms with Crippen molar-refractivity contribution in [1.29, 1.82) is 0 Å². The fourth-order valence-corrected chi connectivity index (χ4v) is 2.40. The first-order valence-electron chi connectivity index (χ1n) is 6.29. The second-order valence-electron chi connectivity index (χ2n) is 4.78. The maximum Gasteiger partial charge on any atom is 0.226 e. The highest BCUT2D eigenvalue weighted by atomic mass is 35.5. The van der Waals surface area contributed by atoms with Gasteiger partial charge in [0.05, 0.1) is 0 Å². The first-order chi connectivity index (χ1) is 7.60. The summed E-state index contributed by atoms with van der Waals surface area (Å²) in [6, 6.07) is 0.545. The average molecular weight is 300 g/mol. The van der Waals surface area contributed by atoms with E-state index in [-0.39, 0.29) is 36.6 Å². The van der Waals surface area contributed by atoms with Gasteiger partial charge >= 0.3 is 0 Å². The molecule has 0 radical (unpaired) electrons. The van der Waals surface area contributed by atoms with Crippen molar-refractivity contribution in [1.82, 2.24) is 9.80 Å². The third-order valence-corrected chi connectivity index (χ3v) is 3.54. The van der Waals surface area contributed by atoms with Crippen LogP contribution in [0.25, 0.3) is 0 Å². The van der Waals surface area contributed by atoms with Crippen LogP contribution >= 0.6 is 24.8 Å². The lowest BCUT2D eigenvalue weighted by molar-refractivity contribution is -0.133. The average Bonchev–Trinajstić information content (AvgIpc) is 2.74. The molecule has 1 saturated heterocycles. The van der Waals surface area contributed by atoms with Crippen LogP contribution in [0.2, 0.25) is 0 Å². The third kappa shape index (κ3) is 5.31. The minimum Gasteiger partial charge on any atom is -0.344 e. The molecule has 1 aliphatic heterocycles. The highest BCUT2D eigenvalue weighted by molar-refractivity contribution is 5.85. The predicted molar refractivity (Wildman–Crippen MR) is 80.6 cm³/mol. The van der Waals surface area contributed by atoms with E-state index >= 15 is 0 Å². The molecule has 6 heteroatoms. The number of likely N-dealkylation sites (N-methyl/N-ethyl adjacent to an activating group) is 2. The standard InChI is InChI=1S/C12H25N3O.2ClH/c1-4-15-7-5-6-11(15)9-14(3)12(16)10(2)8-13;;/h10-11H,4-9,13H2,1-3H3;2*1H. The Balaban J connectivity index is 0. The van der Waals surface area contributed by atoms with E-state index in [4.69, 9.17) is 5.73 Å². The molecule has 0 aromatic rings. The quantitative estimate of drug-likeness (QED) is 0.834. The van der Waals surface area contributed by atoms with Crippen molar-refractivity contribution in [3.8, 4) is 0 Å². The Bertz CT molecular complexity index is 241. The number of carbonyl (C=O) groups excluding carboxylic acids is 1. The maximum absolute atomic E-state index is 11.9. The number of hydrogen-bond acceptors (Lipinski definition) is 3. The summed E-state index contributed by atoms with van der Waals surface area (Å²) < 4.78 is 0. The van der Waals surface area contributed by atoms with E-state index in [1.54, 1.807) is 0 Å². The number of rotatable bonds is 5. The lowest BCUT2D eigenvalue weighted by Crippen LogP contribution is -2.43. The molecule has 2 unspecified atom stereocenters. The molecular formula is C12H27Cl2N3O. The number of nitrogens with zero attached hydrogens (tertiary/aromatic N) is 2. The molecular weight excluding hydrogens is 273 g/mol. The first-order valence-corrected chi connectivity index (χ1v) is 6.29. The van der Waals surface area contributed by atoms with Crippen molar-refractivity contribution in [2.45, 2.75) is 32.7 Å². The minimum atomic E-state index is -0.0542. The normalized spacial score (nSPS) is 20.8. The van der Waals surface area contributed by atoms with Crippen molar-refractivity contribution < 1.29 is 4.79 Å². The van der Waals surface area contributed by atoms with Crippen molar-refractivity contribution in [3.05, 3.63) is 0 Å². The van der Waals surface area contributed by atoms with Gasteiger partial charge in [0.25, 0.3) is 0 Å². The fraction of sp³-hybridized carbons (Fsp3) is 0.917. The van der Waals surface area contributed by atoms with Crippen LogP contribution in [-0.4, -0.2) is 55.0 Å². The van der Waals surface area contributed by atoms with Gasteiger partial charge < -0.3 is 10.6 Å². The monoisotopic (exact) mass is 299 g/mol. The van der Waals surface area contributed by atoms with Crippen molar-refractivity contribution >= 4 is 30.7 Å². The Kier molecular flexibility index (Phi) is 11.1. The summed E-state index contributed by atoms with van der Waals surface area (Å²) in [6.45, 7) is 7.62. The van der Waals surface area contributed by atoms with E-state index < -0.39 is 0 Å². The Morgan fingerprint density at radius 3 is 2.61 bits per heavy atom. The predicted octanol–water partition coefficient (Wildman–Crippen LogP) is 1.37. The molecule has 2 atom stereocenters. The Morgan fingerprint density at radius 2 is 2.11 bits per heavy atom. The molecule has 110 valence electrons. The van der Waals surface area contributed by atoms with Crippen LogP contribution in [-0.2, 0) is 4.79 Å². The number of amides is 1. The Labute approximate surface area is 123 Å². The van der Waals surface area contributed by atoms with Crippen LogP contribution in [0, 0.1) is 5.92 Å². The number of nitrogens with two attached hydrogens (primary N) is 1. The Hall–Kier alpha value is -0.0300. The SMILES string of the molecule is CCN1CCCC1CN(C)C(=O)C(C)CN.Cl.Cl. The summed E-state index contributed by atoms with van der Waals surface area (Å²) >= 11 is 0. The van der Waals surface area contributed by atoms with Gasteiger partial charge in [-0.3, -0.25) is 9.69 Å². The third-order valence-electron chi connectivity index (χ3n) is 3.54. The molecule has 2 N–H and O–H groups in total. The summed E-state index contributed by atoms with van der Waals surface area (Å²) in [5.41, 5.74) is 5.51. The number of hydrogen-bond donors (Lipinski definition) is 1. The Morgan fingerprint density at radius 1 is 1.50 bits per heavy atom. The summed E-state index contributed by atoms with van der Waals surface area (Å²) in [7, 11) is 1.89. The van der Waals surface area contributed by atoms with Crippen molar-refractivity contribution in [2.24, 2.45) is 11.7 Å². The molecule has 1 amide bonds. The van der Waals surface area contributed by atoms with Gasteiger partial charge in [-0.1, -0.05) is 13.8 Å². The fourth-order valence-electron chi connectivity index (χ4n) is 2.40. The largest absolute Gasteiger partial charge is 0.344 e. The smallest absolute Gasteiger partial charge is 0.226 e. The van der Waals surface area contributed by atoms with Crippen LogP contribution in [0.1, 0.15) is 26.7 Å². The van der Waals surface area contributed by atoms with E-state index in [1.807, 2.05) is 18.9 Å². The van der Waals surface area contributed by atoms with E-state index in [1.165, 1.54) is 19.4 Å². The topological polar surface area (TPSA) is 49.6 Å².